The van der Waals surface area contributed by atoms with Gasteiger partial charge < -0.3 is 15.4 Å². The van der Waals surface area contributed by atoms with Crippen LogP contribution in [0, 0.1) is 5.92 Å². The summed E-state index contributed by atoms with van der Waals surface area (Å²) < 4.78 is 5.42. The van der Waals surface area contributed by atoms with Gasteiger partial charge in [0.2, 0.25) is 5.91 Å². The van der Waals surface area contributed by atoms with Gasteiger partial charge in [0, 0.05) is 43.4 Å². The van der Waals surface area contributed by atoms with Crippen LogP contribution in [0.2, 0.25) is 0 Å². The van der Waals surface area contributed by atoms with E-state index >= 15 is 0 Å². The van der Waals surface area contributed by atoms with Crippen LogP contribution in [0.15, 0.2) is 30.3 Å². The van der Waals surface area contributed by atoms with Crippen molar-refractivity contribution in [3.8, 4) is 0 Å². The molecule has 6 nitrogen and oxygen atoms in total. The predicted octanol–water partition coefficient (Wildman–Crippen LogP) is 2.06. The second kappa shape index (κ2) is 9.85. The molecule has 1 aromatic carbocycles. The largest absolute Gasteiger partial charge is 0.379 e. The Hall–Kier alpha value is -2.18. The summed E-state index contributed by atoms with van der Waals surface area (Å²) in [6.45, 7) is 8.33. The molecule has 1 aromatic rings. The minimum Gasteiger partial charge on any atom is -0.379 e. The summed E-state index contributed by atoms with van der Waals surface area (Å²) in [4.78, 5) is 26.6. The Kier molecular flexibility index (Phi) is 7.23. The molecule has 1 saturated carbocycles. The highest BCUT2D eigenvalue weighted by Gasteiger charge is 2.24. The summed E-state index contributed by atoms with van der Waals surface area (Å²) in [5.74, 6) is 0.324. The highest BCUT2D eigenvalue weighted by atomic mass is 16.5. The summed E-state index contributed by atoms with van der Waals surface area (Å²) in [6.07, 6.45) is 5.47. The Morgan fingerprint density at radius 3 is 2.46 bits per heavy atom. The molecule has 1 atom stereocenters. The Bertz CT molecular complexity index is 689. The van der Waals surface area contributed by atoms with E-state index in [1.165, 1.54) is 0 Å². The number of morpholine rings is 1. The first-order chi connectivity index (χ1) is 13.5. The number of nitrogens with zero attached hydrogens (tertiary/aromatic N) is 1. The lowest BCUT2D eigenvalue weighted by molar-refractivity contribution is -0.116. The SMILES string of the molecule is CC(C)C(CNC(=O)/C=C/c1ccc(C(=O)NC2CC2)cc1)N1CCOCC1. The molecule has 3 rings (SSSR count). The topological polar surface area (TPSA) is 70.7 Å². The van der Waals surface area contributed by atoms with Crippen molar-refractivity contribution in [3.05, 3.63) is 41.5 Å². The lowest BCUT2D eigenvalue weighted by atomic mass is 10.0. The molecule has 1 aliphatic heterocycles. The fourth-order valence-corrected chi connectivity index (χ4v) is 3.37. The van der Waals surface area contributed by atoms with Crippen molar-refractivity contribution in [1.29, 1.82) is 0 Å². The molecule has 28 heavy (non-hydrogen) atoms. The quantitative estimate of drug-likeness (QED) is 0.672. The number of carbonyl (C=O) groups is 2. The van der Waals surface area contributed by atoms with Crippen LogP contribution in [0.5, 0.6) is 0 Å². The van der Waals surface area contributed by atoms with Gasteiger partial charge >= 0.3 is 0 Å². The molecule has 1 aliphatic carbocycles. The third-order valence-corrected chi connectivity index (χ3v) is 5.28. The van der Waals surface area contributed by atoms with Crippen LogP contribution in [-0.4, -0.2) is 61.6 Å². The van der Waals surface area contributed by atoms with Crippen LogP contribution >= 0.6 is 0 Å². The van der Waals surface area contributed by atoms with Crippen molar-refractivity contribution < 1.29 is 14.3 Å². The van der Waals surface area contributed by atoms with E-state index in [1.54, 1.807) is 24.3 Å². The van der Waals surface area contributed by atoms with E-state index in [0.29, 0.717) is 30.1 Å². The van der Waals surface area contributed by atoms with E-state index in [1.807, 2.05) is 12.1 Å². The normalized spacial score (nSPS) is 19.0. The monoisotopic (exact) mass is 385 g/mol. The minimum absolute atomic E-state index is 0.0291. The summed E-state index contributed by atoms with van der Waals surface area (Å²) in [6, 6.07) is 7.96. The van der Waals surface area contributed by atoms with E-state index < -0.39 is 0 Å². The zero-order valence-electron chi connectivity index (χ0n) is 16.8. The van der Waals surface area contributed by atoms with E-state index in [-0.39, 0.29) is 11.8 Å². The highest BCUT2D eigenvalue weighted by Crippen LogP contribution is 2.19. The number of ether oxygens (including phenoxy) is 1. The number of amides is 2. The van der Waals surface area contributed by atoms with Crippen LogP contribution < -0.4 is 10.6 Å². The molecule has 2 amide bonds. The Morgan fingerprint density at radius 1 is 1.18 bits per heavy atom. The summed E-state index contributed by atoms with van der Waals surface area (Å²) in [7, 11) is 0. The van der Waals surface area contributed by atoms with Gasteiger partial charge in [0.25, 0.3) is 5.91 Å². The van der Waals surface area contributed by atoms with Gasteiger partial charge in [0.05, 0.1) is 13.2 Å². The smallest absolute Gasteiger partial charge is 0.251 e. The van der Waals surface area contributed by atoms with Gasteiger partial charge in [-0.3, -0.25) is 14.5 Å². The molecule has 6 heteroatoms. The van der Waals surface area contributed by atoms with E-state index in [9.17, 15) is 9.59 Å². The number of carbonyl (C=O) groups excluding carboxylic acids is 2. The molecule has 1 heterocycles. The number of rotatable bonds is 8. The molecule has 1 unspecified atom stereocenters. The van der Waals surface area contributed by atoms with Gasteiger partial charge in [-0.1, -0.05) is 26.0 Å². The Balaban J connectivity index is 1.47. The molecule has 0 bridgehead atoms. The van der Waals surface area contributed by atoms with Crippen LogP contribution in [-0.2, 0) is 9.53 Å². The maximum absolute atomic E-state index is 12.2. The van der Waals surface area contributed by atoms with Gasteiger partial charge in [0.15, 0.2) is 0 Å². The zero-order chi connectivity index (χ0) is 19.9. The van der Waals surface area contributed by atoms with Crippen molar-refractivity contribution in [3.63, 3.8) is 0 Å². The lowest BCUT2D eigenvalue weighted by Gasteiger charge is -2.36. The van der Waals surface area contributed by atoms with Gasteiger partial charge in [-0.15, -0.1) is 0 Å². The van der Waals surface area contributed by atoms with Crippen LogP contribution in [0.25, 0.3) is 6.08 Å². The Labute approximate surface area is 167 Å². The molecule has 1 saturated heterocycles. The molecular formula is C22H31N3O3. The molecule has 0 aromatic heterocycles. The van der Waals surface area contributed by atoms with Gasteiger partial charge in [-0.05, 0) is 42.5 Å². The van der Waals surface area contributed by atoms with E-state index in [4.69, 9.17) is 4.74 Å². The summed E-state index contributed by atoms with van der Waals surface area (Å²) in [5, 5.41) is 5.99. The maximum Gasteiger partial charge on any atom is 0.251 e. The molecule has 0 spiro atoms. The summed E-state index contributed by atoms with van der Waals surface area (Å²) in [5.41, 5.74) is 1.55. The second-order valence-corrected chi connectivity index (χ2v) is 7.91. The fraction of sp³-hybridized carbons (Fsp3) is 0.545. The average molecular weight is 386 g/mol. The van der Waals surface area contributed by atoms with Crippen LogP contribution in [0.3, 0.4) is 0 Å². The van der Waals surface area contributed by atoms with Gasteiger partial charge in [-0.25, -0.2) is 0 Å². The number of hydrogen-bond acceptors (Lipinski definition) is 4. The Morgan fingerprint density at radius 2 is 1.86 bits per heavy atom. The first-order valence-corrected chi connectivity index (χ1v) is 10.2. The number of nitrogens with one attached hydrogen (secondary N) is 2. The first-order valence-electron chi connectivity index (χ1n) is 10.2. The molecule has 0 radical (unpaired) electrons. The molecule has 152 valence electrons. The predicted molar refractivity (Wildman–Crippen MR) is 110 cm³/mol. The van der Waals surface area contributed by atoms with Gasteiger partial charge in [0.1, 0.15) is 0 Å². The average Bonchev–Trinajstić information content (AvgIpc) is 3.51. The maximum atomic E-state index is 12.2. The summed E-state index contributed by atoms with van der Waals surface area (Å²) >= 11 is 0. The zero-order valence-corrected chi connectivity index (χ0v) is 16.8. The number of benzene rings is 1. The van der Waals surface area contributed by atoms with Crippen molar-refractivity contribution in [2.75, 3.05) is 32.8 Å². The second-order valence-electron chi connectivity index (χ2n) is 7.91. The van der Waals surface area contributed by atoms with Crippen LogP contribution in [0.1, 0.15) is 42.6 Å². The fourth-order valence-electron chi connectivity index (χ4n) is 3.37. The first kappa shape index (κ1) is 20.6. The van der Waals surface area contributed by atoms with E-state index in [2.05, 4.69) is 29.4 Å². The highest BCUT2D eigenvalue weighted by molar-refractivity contribution is 5.95. The van der Waals surface area contributed by atoms with Crippen LogP contribution in [0.4, 0.5) is 0 Å². The minimum atomic E-state index is -0.102. The van der Waals surface area contributed by atoms with Crippen molar-refractivity contribution >= 4 is 17.9 Å². The van der Waals surface area contributed by atoms with Crippen molar-refractivity contribution in [1.82, 2.24) is 15.5 Å². The molecule has 2 N–H and O–H groups in total. The van der Waals surface area contributed by atoms with Crippen molar-refractivity contribution in [2.24, 2.45) is 5.92 Å². The van der Waals surface area contributed by atoms with Gasteiger partial charge in [-0.2, -0.15) is 0 Å². The third-order valence-electron chi connectivity index (χ3n) is 5.28. The standard InChI is InChI=1S/C22H31N3O3/c1-16(2)20(25-11-13-28-14-12-25)15-23-21(26)10-5-17-3-6-18(7-4-17)22(27)24-19-8-9-19/h3-7,10,16,19-20H,8-9,11-15H2,1-2H3,(H,23,26)(H,24,27)/b10-5+. The molecule has 2 fully saturated rings. The molecular weight excluding hydrogens is 354 g/mol. The number of hydrogen-bond donors (Lipinski definition) is 2. The van der Waals surface area contributed by atoms with Crippen molar-refractivity contribution in [2.45, 2.75) is 38.8 Å². The molecule has 2 aliphatic rings. The van der Waals surface area contributed by atoms with E-state index in [0.717, 1.165) is 44.7 Å². The third kappa shape index (κ3) is 6.17. The lowest BCUT2D eigenvalue weighted by Crippen LogP contribution is -2.51.